The first-order valence-corrected chi connectivity index (χ1v) is 10.3. The van der Waals surface area contributed by atoms with Gasteiger partial charge < -0.3 is 15.2 Å². The zero-order valence-corrected chi connectivity index (χ0v) is 16.8. The number of fused-ring (bicyclic) bond motifs is 1. The van der Waals surface area contributed by atoms with Gasteiger partial charge in [-0.1, -0.05) is 12.1 Å². The molecule has 1 fully saturated rings. The van der Waals surface area contributed by atoms with Crippen LogP contribution in [0, 0.1) is 0 Å². The minimum absolute atomic E-state index is 0.0852. The average molecular weight is 393 g/mol. The summed E-state index contributed by atoms with van der Waals surface area (Å²) in [4.78, 5) is 23.7. The Balaban J connectivity index is 1.56. The number of ether oxygens (including phenoxy) is 2. The summed E-state index contributed by atoms with van der Waals surface area (Å²) in [6.07, 6.45) is 4.85. The van der Waals surface area contributed by atoms with Gasteiger partial charge in [0, 0.05) is 17.7 Å². The van der Waals surface area contributed by atoms with Gasteiger partial charge in [0.25, 0.3) is 0 Å². The van der Waals surface area contributed by atoms with Gasteiger partial charge in [-0.3, -0.25) is 9.59 Å². The highest BCUT2D eigenvalue weighted by Crippen LogP contribution is 2.36. The van der Waals surface area contributed by atoms with E-state index in [-0.39, 0.29) is 17.8 Å². The molecular formula is C24H27NO4. The lowest BCUT2D eigenvalue weighted by Gasteiger charge is -2.27. The molecule has 5 heteroatoms. The second-order valence-electron chi connectivity index (χ2n) is 8.04. The van der Waals surface area contributed by atoms with Crippen LogP contribution < -0.4 is 10.5 Å². The third-order valence-corrected chi connectivity index (χ3v) is 6.03. The maximum atomic E-state index is 12.0. The van der Waals surface area contributed by atoms with Crippen LogP contribution in [0.25, 0.3) is 0 Å². The van der Waals surface area contributed by atoms with Crippen molar-refractivity contribution in [2.45, 2.75) is 51.0 Å². The molecule has 2 N–H and O–H groups in total. The molecule has 4 rings (SSSR count). The van der Waals surface area contributed by atoms with Crippen LogP contribution in [0.4, 0.5) is 0 Å². The number of primary amides is 1. The maximum Gasteiger partial charge on any atom is 0.248 e. The molecule has 2 aromatic carbocycles. The van der Waals surface area contributed by atoms with E-state index in [0.717, 1.165) is 55.6 Å². The van der Waals surface area contributed by atoms with Crippen molar-refractivity contribution in [1.29, 1.82) is 0 Å². The third kappa shape index (κ3) is 4.35. The summed E-state index contributed by atoms with van der Waals surface area (Å²) in [7, 11) is 0. The Kier molecular flexibility index (Phi) is 5.67. The molecule has 1 aliphatic heterocycles. The fraction of sp³-hybridized carbons (Fsp3) is 0.417. The van der Waals surface area contributed by atoms with Gasteiger partial charge in [-0.2, -0.15) is 0 Å². The topological polar surface area (TPSA) is 78.6 Å². The molecule has 152 valence electrons. The SMILES string of the molecule is CC(=O)c1ccc2c(c1)CC[C@H](c1cc(OC[C@@H]3CCCO3)ccc1C(N)=O)C2. The lowest BCUT2D eigenvalue weighted by Crippen LogP contribution is -2.20. The smallest absolute Gasteiger partial charge is 0.248 e. The fourth-order valence-corrected chi connectivity index (χ4v) is 4.40. The molecule has 2 aromatic rings. The van der Waals surface area contributed by atoms with Crippen molar-refractivity contribution < 1.29 is 19.1 Å². The van der Waals surface area contributed by atoms with Crippen molar-refractivity contribution >= 4 is 11.7 Å². The highest BCUT2D eigenvalue weighted by molar-refractivity contribution is 5.95. The molecule has 1 aliphatic carbocycles. The molecule has 0 spiro atoms. The van der Waals surface area contributed by atoms with E-state index in [9.17, 15) is 9.59 Å². The molecule has 1 amide bonds. The second kappa shape index (κ2) is 8.37. The maximum absolute atomic E-state index is 12.0. The second-order valence-corrected chi connectivity index (χ2v) is 8.04. The number of hydrogen-bond donors (Lipinski definition) is 1. The molecule has 0 aromatic heterocycles. The first-order chi connectivity index (χ1) is 14.0. The monoisotopic (exact) mass is 393 g/mol. The molecule has 1 heterocycles. The van der Waals surface area contributed by atoms with Gasteiger partial charge in [-0.05, 0) is 85.9 Å². The number of carbonyl (C=O) groups is 2. The summed E-state index contributed by atoms with van der Waals surface area (Å²) < 4.78 is 11.6. The summed E-state index contributed by atoms with van der Waals surface area (Å²) >= 11 is 0. The number of benzene rings is 2. The molecule has 0 unspecified atom stereocenters. The Bertz CT molecular complexity index is 930. The van der Waals surface area contributed by atoms with E-state index in [2.05, 4.69) is 0 Å². The van der Waals surface area contributed by atoms with Gasteiger partial charge in [-0.15, -0.1) is 0 Å². The number of amides is 1. The molecule has 0 bridgehead atoms. The number of rotatable bonds is 6. The van der Waals surface area contributed by atoms with Crippen LogP contribution in [-0.2, 0) is 17.6 Å². The first-order valence-electron chi connectivity index (χ1n) is 10.3. The van der Waals surface area contributed by atoms with E-state index in [1.807, 2.05) is 30.3 Å². The Morgan fingerprint density at radius 1 is 1.14 bits per heavy atom. The standard InChI is InChI=1S/C24H27NO4/c1-15(26)16-4-5-18-12-19(7-6-17(18)11-16)23-13-20(8-9-22(23)24(25)27)29-14-21-3-2-10-28-21/h4-5,8-9,11,13,19,21H,2-3,6-7,10,12,14H2,1H3,(H2,25,27)/t19-,21-/m0/s1. The predicted molar refractivity (Wildman–Crippen MR) is 111 cm³/mol. The van der Waals surface area contributed by atoms with Crippen LogP contribution >= 0.6 is 0 Å². The number of carbonyl (C=O) groups excluding carboxylic acids is 2. The molecular weight excluding hydrogens is 366 g/mol. The Hall–Kier alpha value is -2.66. The molecule has 1 saturated heterocycles. The van der Waals surface area contributed by atoms with Gasteiger partial charge in [0.1, 0.15) is 12.4 Å². The molecule has 5 nitrogen and oxygen atoms in total. The minimum atomic E-state index is -0.414. The van der Waals surface area contributed by atoms with Crippen molar-refractivity contribution in [1.82, 2.24) is 0 Å². The quantitative estimate of drug-likeness (QED) is 0.757. The number of hydrogen-bond acceptors (Lipinski definition) is 4. The van der Waals surface area contributed by atoms with Gasteiger partial charge in [-0.25, -0.2) is 0 Å². The van der Waals surface area contributed by atoms with Gasteiger partial charge in [0.05, 0.1) is 6.10 Å². The molecule has 2 atom stereocenters. The highest BCUT2D eigenvalue weighted by Gasteiger charge is 2.25. The van der Waals surface area contributed by atoms with E-state index in [1.165, 1.54) is 11.1 Å². The average Bonchev–Trinajstić information content (AvgIpc) is 3.24. The Morgan fingerprint density at radius 2 is 2.00 bits per heavy atom. The summed E-state index contributed by atoms with van der Waals surface area (Å²) in [5.41, 5.74) is 10.4. The number of nitrogens with two attached hydrogens (primary N) is 1. The third-order valence-electron chi connectivity index (χ3n) is 6.03. The Morgan fingerprint density at radius 3 is 2.72 bits per heavy atom. The Labute approximate surface area is 171 Å². The van der Waals surface area contributed by atoms with Crippen LogP contribution in [0.1, 0.15) is 69.5 Å². The van der Waals surface area contributed by atoms with Crippen molar-refractivity contribution in [2.24, 2.45) is 5.73 Å². The first kappa shape index (κ1) is 19.6. The van der Waals surface area contributed by atoms with Gasteiger partial charge >= 0.3 is 0 Å². The van der Waals surface area contributed by atoms with Crippen LogP contribution in [0.15, 0.2) is 36.4 Å². The summed E-state index contributed by atoms with van der Waals surface area (Å²) in [5, 5.41) is 0. The van der Waals surface area contributed by atoms with E-state index in [1.54, 1.807) is 13.0 Å². The molecule has 2 aliphatic rings. The van der Waals surface area contributed by atoms with Gasteiger partial charge in [0.2, 0.25) is 5.91 Å². The van der Waals surface area contributed by atoms with E-state index < -0.39 is 5.91 Å². The largest absolute Gasteiger partial charge is 0.491 e. The molecule has 0 saturated carbocycles. The number of Topliss-reactive ketones (excluding diaryl/α,β-unsaturated/α-hetero) is 1. The summed E-state index contributed by atoms with van der Waals surface area (Å²) in [5.74, 6) is 0.614. The van der Waals surface area contributed by atoms with E-state index in [4.69, 9.17) is 15.2 Å². The van der Waals surface area contributed by atoms with Crippen molar-refractivity contribution in [2.75, 3.05) is 13.2 Å². The van der Waals surface area contributed by atoms with E-state index in [0.29, 0.717) is 12.2 Å². The van der Waals surface area contributed by atoms with Crippen LogP contribution in [0.2, 0.25) is 0 Å². The lowest BCUT2D eigenvalue weighted by atomic mass is 9.78. The summed E-state index contributed by atoms with van der Waals surface area (Å²) in [6.45, 7) is 2.91. The minimum Gasteiger partial charge on any atom is -0.491 e. The van der Waals surface area contributed by atoms with Crippen LogP contribution in [-0.4, -0.2) is 31.0 Å². The predicted octanol–water partition coefficient (Wildman–Crippen LogP) is 3.82. The normalized spacial score (nSPS) is 20.9. The number of ketones is 1. The van der Waals surface area contributed by atoms with Gasteiger partial charge in [0.15, 0.2) is 5.78 Å². The zero-order valence-electron chi connectivity index (χ0n) is 16.8. The van der Waals surface area contributed by atoms with Crippen molar-refractivity contribution in [3.8, 4) is 5.75 Å². The van der Waals surface area contributed by atoms with Crippen LogP contribution in [0.3, 0.4) is 0 Å². The van der Waals surface area contributed by atoms with Crippen molar-refractivity contribution in [3.63, 3.8) is 0 Å². The van der Waals surface area contributed by atoms with Crippen LogP contribution in [0.5, 0.6) is 5.75 Å². The summed E-state index contributed by atoms with van der Waals surface area (Å²) in [6, 6.07) is 11.5. The number of aryl methyl sites for hydroxylation is 1. The molecule has 29 heavy (non-hydrogen) atoms. The highest BCUT2D eigenvalue weighted by atomic mass is 16.5. The lowest BCUT2D eigenvalue weighted by molar-refractivity contribution is 0.0679. The van der Waals surface area contributed by atoms with E-state index >= 15 is 0 Å². The fourth-order valence-electron chi connectivity index (χ4n) is 4.40. The van der Waals surface area contributed by atoms with Crippen molar-refractivity contribution in [3.05, 3.63) is 64.2 Å². The molecule has 0 radical (unpaired) electrons. The zero-order chi connectivity index (χ0) is 20.4.